The summed E-state index contributed by atoms with van der Waals surface area (Å²) in [6, 6.07) is 4.82. The van der Waals surface area contributed by atoms with Gasteiger partial charge in [-0.15, -0.1) is 0 Å². The van der Waals surface area contributed by atoms with Crippen molar-refractivity contribution in [2.75, 3.05) is 0 Å². The van der Waals surface area contributed by atoms with Gasteiger partial charge >= 0.3 is 0 Å². The van der Waals surface area contributed by atoms with Crippen LogP contribution < -0.4 is 5.56 Å². The number of aromatic nitrogens is 2. The van der Waals surface area contributed by atoms with Crippen molar-refractivity contribution in [3.63, 3.8) is 0 Å². The monoisotopic (exact) mass is 298 g/mol. The normalized spacial score (nSPS) is 11.0. The minimum absolute atomic E-state index is 0.125. The van der Waals surface area contributed by atoms with Crippen molar-refractivity contribution < 1.29 is 5.11 Å². The maximum atomic E-state index is 11.9. The minimum Gasteiger partial charge on any atom is -0.493 e. The molecule has 0 aliphatic carbocycles. The van der Waals surface area contributed by atoms with Crippen molar-refractivity contribution in [1.82, 2.24) is 9.97 Å². The van der Waals surface area contributed by atoms with Gasteiger partial charge in [0.15, 0.2) is 0 Å². The molecule has 4 nitrogen and oxygen atoms in total. The van der Waals surface area contributed by atoms with Crippen LogP contribution in [0.1, 0.15) is 25.3 Å². The molecule has 2 rings (SSSR count). The number of nitrogens with zero attached hydrogens (tertiary/aromatic N) is 1. The van der Waals surface area contributed by atoms with E-state index in [1.165, 1.54) is 0 Å². The van der Waals surface area contributed by atoms with Crippen molar-refractivity contribution in [3.05, 3.63) is 44.2 Å². The lowest BCUT2D eigenvalue weighted by molar-refractivity contribution is 0.440. The first-order valence-corrected chi connectivity index (χ1v) is 6.44. The maximum Gasteiger partial charge on any atom is 0.258 e. The van der Waals surface area contributed by atoms with Crippen LogP contribution in [0.3, 0.4) is 0 Å². The second-order valence-electron chi connectivity index (χ2n) is 4.43. The van der Waals surface area contributed by atoms with E-state index in [9.17, 15) is 9.90 Å². The summed E-state index contributed by atoms with van der Waals surface area (Å²) in [5, 5.41) is 10.7. The van der Waals surface area contributed by atoms with Crippen molar-refractivity contribution >= 4 is 23.2 Å². The minimum atomic E-state index is -0.381. The first-order valence-electron chi connectivity index (χ1n) is 5.68. The van der Waals surface area contributed by atoms with Crippen LogP contribution in [0.2, 0.25) is 10.0 Å². The number of hydrogen-bond acceptors (Lipinski definition) is 3. The molecule has 0 amide bonds. The molecule has 2 N–H and O–H groups in total. The van der Waals surface area contributed by atoms with Gasteiger partial charge in [0.25, 0.3) is 5.56 Å². The standard InChI is InChI=1S/C13H12Cl2N2O2/c1-6(2)10-12(18)16-11(17-13(10)19)8-5-7(14)3-4-9(8)15/h3-6H,1-2H3,(H2,16,17,18,19). The molecule has 6 heteroatoms. The Morgan fingerprint density at radius 2 is 2.00 bits per heavy atom. The predicted octanol–water partition coefficient (Wildman–Crippen LogP) is 3.57. The zero-order valence-corrected chi connectivity index (χ0v) is 11.9. The van der Waals surface area contributed by atoms with Gasteiger partial charge in [0, 0.05) is 10.6 Å². The molecule has 1 aromatic heterocycles. The Bertz CT molecular complexity index is 681. The third-order valence-electron chi connectivity index (χ3n) is 2.70. The third kappa shape index (κ3) is 2.74. The zero-order chi connectivity index (χ0) is 14.2. The Morgan fingerprint density at radius 3 is 2.58 bits per heavy atom. The molecular weight excluding hydrogens is 287 g/mol. The quantitative estimate of drug-likeness (QED) is 0.891. The lowest BCUT2D eigenvalue weighted by atomic mass is 10.1. The summed E-state index contributed by atoms with van der Waals surface area (Å²) in [6.45, 7) is 3.61. The SMILES string of the molecule is CC(C)c1c(O)nc(-c2cc(Cl)ccc2Cl)[nH]c1=O. The van der Waals surface area contributed by atoms with E-state index >= 15 is 0 Å². The van der Waals surface area contributed by atoms with Crippen LogP contribution in [0.4, 0.5) is 0 Å². The number of nitrogens with one attached hydrogen (secondary N) is 1. The number of benzene rings is 1. The largest absolute Gasteiger partial charge is 0.493 e. The number of aromatic hydroxyl groups is 1. The summed E-state index contributed by atoms with van der Waals surface area (Å²) in [7, 11) is 0. The molecule has 0 radical (unpaired) electrons. The van der Waals surface area contributed by atoms with E-state index in [0.29, 0.717) is 15.6 Å². The molecule has 100 valence electrons. The van der Waals surface area contributed by atoms with Crippen LogP contribution in [0.15, 0.2) is 23.0 Å². The average Bonchev–Trinajstić information content (AvgIpc) is 2.30. The first kappa shape index (κ1) is 13.9. The van der Waals surface area contributed by atoms with Gasteiger partial charge in [0.1, 0.15) is 5.82 Å². The van der Waals surface area contributed by atoms with Gasteiger partial charge in [-0.25, -0.2) is 0 Å². The van der Waals surface area contributed by atoms with E-state index in [4.69, 9.17) is 23.2 Å². The lowest BCUT2D eigenvalue weighted by Crippen LogP contribution is -2.16. The van der Waals surface area contributed by atoms with E-state index in [-0.39, 0.29) is 28.7 Å². The van der Waals surface area contributed by atoms with Crippen LogP contribution in [-0.2, 0) is 0 Å². The van der Waals surface area contributed by atoms with Gasteiger partial charge in [-0.1, -0.05) is 37.0 Å². The number of halogens is 2. The highest BCUT2D eigenvalue weighted by Gasteiger charge is 2.16. The second-order valence-corrected chi connectivity index (χ2v) is 5.27. The number of aromatic amines is 1. The van der Waals surface area contributed by atoms with Gasteiger partial charge in [0.05, 0.1) is 10.6 Å². The molecule has 0 atom stereocenters. The van der Waals surface area contributed by atoms with E-state index < -0.39 is 0 Å². The van der Waals surface area contributed by atoms with Crippen LogP contribution in [0.5, 0.6) is 5.88 Å². The van der Waals surface area contributed by atoms with E-state index in [0.717, 1.165) is 0 Å². The number of rotatable bonds is 2. The summed E-state index contributed by atoms with van der Waals surface area (Å²) in [4.78, 5) is 18.5. The summed E-state index contributed by atoms with van der Waals surface area (Å²) >= 11 is 11.9. The fourth-order valence-electron chi connectivity index (χ4n) is 1.80. The fraction of sp³-hybridized carbons (Fsp3) is 0.231. The summed E-state index contributed by atoms with van der Waals surface area (Å²) in [6.07, 6.45) is 0. The van der Waals surface area contributed by atoms with Crippen molar-refractivity contribution in [2.45, 2.75) is 19.8 Å². The molecule has 0 bridgehead atoms. The number of hydrogen-bond donors (Lipinski definition) is 2. The van der Waals surface area contributed by atoms with Crippen molar-refractivity contribution in [3.8, 4) is 17.3 Å². The van der Waals surface area contributed by atoms with Crippen LogP contribution in [0, 0.1) is 0 Å². The molecule has 0 saturated heterocycles. The summed E-state index contributed by atoms with van der Waals surface area (Å²) in [5.74, 6) is -0.218. The summed E-state index contributed by atoms with van der Waals surface area (Å²) < 4.78 is 0. The van der Waals surface area contributed by atoms with E-state index in [1.54, 1.807) is 32.0 Å². The fourth-order valence-corrected chi connectivity index (χ4v) is 2.18. The molecule has 0 aliphatic heterocycles. The Morgan fingerprint density at radius 1 is 1.32 bits per heavy atom. The van der Waals surface area contributed by atoms with Gasteiger partial charge < -0.3 is 10.1 Å². The van der Waals surface area contributed by atoms with Gasteiger partial charge in [-0.3, -0.25) is 4.79 Å². The van der Waals surface area contributed by atoms with Crippen molar-refractivity contribution in [1.29, 1.82) is 0 Å². The van der Waals surface area contributed by atoms with Gasteiger partial charge in [-0.05, 0) is 24.1 Å². The molecular formula is C13H12Cl2N2O2. The predicted molar refractivity (Wildman–Crippen MR) is 76.1 cm³/mol. The van der Waals surface area contributed by atoms with E-state index in [2.05, 4.69) is 9.97 Å². The smallest absolute Gasteiger partial charge is 0.258 e. The molecule has 0 saturated carbocycles. The second kappa shape index (κ2) is 5.23. The molecule has 19 heavy (non-hydrogen) atoms. The molecule has 1 aromatic carbocycles. The molecule has 0 fully saturated rings. The number of H-pyrrole nitrogens is 1. The van der Waals surface area contributed by atoms with Gasteiger partial charge in [-0.2, -0.15) is 4.98 Å². The summed E-state index contributed by atoms with van der Waals surface area (Å²) in [5.41, 5.74) is 0.340. The molecule has 1 heterocycles. The molecule has 0 unspecified atom stereocenters. The van der Waals surface area contributed by atoms with Crippen molar-refractivity contribution in [2.24, 2.45) is 0 Å². The Hall–Kier alpha value is -1.52. The van der Waals surface area contributed by atoms with Crippen LogP contribution >= 0.6 is 23.2 Å². The molecule has 2 aromatic rings. The topological polar surface area (TPSA) is 66.0 Å². The van der Waals surface area contributed by atoms with E-state index in [1.807, 2.05) is 0 Å². The highest BCUT2D eigenvalue weighted by atomic mass is 35.5. The Kier molecular flexibility index (Phi) is 3.83. The maximum absolute atomic E-state index is 11.9. The Balaban J connectivity index is 2.65. The average molecular weight is 299 g/mol. The third-order valence-corrected chi connectivity index (χ3v) is 3.26. The van der Waals surface area contributed by atoms with Crippen LogP contribution in [0.25, 0.3) is 11.4 Å². The zero-order valence-electron chi connectivity index (χ0n) is 10.4. The Labute approximate surface area is 120 Å². The van der Waals surface area contributed by atoms with Crippen LogP contribution in [-0.4, -0.2) is 15.1 Å². The molecule has 0 spiro atoms. The highest BCUT2D eigenvalue weighted by Crippen LogP contribution is 2.29. The highest BCUT2D eigenvalue weighted by molar-refractivity contribution is 6.35. The van der Waals surface area contributed by atoms with Gasteiger partial charge in [0.2, 0.25) is 5.88 Å². The molecule has 0 aliphatic rings. The first-order chi connectivity index (χ1) is 8.90. The lowest BCUT2D eigenvalue weighted by Gasteiger charge is -2.09.